The van der Waals surface area contributed by atoms with Gasteiger partial charge < -0.3 is 10.0 Å². The minimum atomic E-state index is -0.983. The van der Waals surface area contributed by atoms with E-state index in [-0.39, 0.29) is 12.6 Å². The predicted molar refractivity (Wildman–Crippen MR) is 77.0 cm³/mol. The largest absolute Gasteiger partial charge is 0.480 e. The fourth-order valence-corrected chi connectivity index (χ4v) is 2.54. The lowest BCUT2D eigenvalue weighted by Gasteiger charge is -2.29. The van der Waals surface area contributed by atoms with Gasteiger partial charge in [-0.3, -0.25) is 9.69 Å². The Morgan fingerprint density at radius 2 is 2.05 bits per heavy atom. The predicted octanol–water partition coefficient (Wildman–Crippen LogP) is 2.36. The van der Waals surface area contributed by atoms with E-state index in [1.807, 2.05) is 24.3 Å². The first-order valence-electron chi connectivity index (χ1n) is 6.99. The van der Waals surface area contributed by atoms with Gasteiger partial charge in [0, 0.05) is 18.8 Å². The molecule has 2 rings (SSSR count). The number of carbonyl (C=O) groups is 2. The third kappa shape index (κ3) is 3.10. The van der Waals surface area contributed by atoms with Gasteiger partial charge >= 0.3 is 12.0 Å². The molecule has 20 heavy (non-hydrogen) atoms. The number of amides is 2. The highest BCUT2D eigenvalue weighted by Gasteiger charge is 2.25. The molecule has 5 nitrogen and oxygen atoms in total. The number of likely N-dealkylation sites (N-methyl/N-ethyl adjacent to an activating group) is 1. The summed E-state index contributed by atoms with van der Waals surface area (Å²) in [5.74, 6) is -0.983. The van der Waals surface area contributed by atoms with Gasteiger partial charge in [0.1, 0.15) is 6.54 Å². The molecule has 0 unspecified atom stereocenters. The average Bonchev–Trinajstić information content (AvgIpc) is 2.66. The molecule has 5 heteroatoms. The number of fused-ring (bicyclic) bond motifs is 1. The molecule has 0 saturated carbocycles. The van der Waals surface area contributed by atoms with E-state index in [1.54, 1.807) is 11.8 Å². The quantitative estimate of drug-likeness (QED) is 0.922. The van der Waals surface area contributed by atoms with E-state index in [2.05, 4.69) is 0 Å². The fourth-order valence-electron chi connectivity index (χ4n) is 2.54. The molecule has 0 saturated heterocycles. The van der Waals surface area contributed by atoms with Gasteiger partial charge in [-0.15, -0.1) is 0 Å². The standard InChI is InChI=1S/C15H20N2O3/c1-2-16(11-14(18)19)15(20)17-10-6-5-8-12-7-3-4-9-13(12)17/h3-4,7,9H,2,5-6,8,10-11H2,1H3,(H,18,19). The Balaban J connectivity index is 2.26. The van der Waals surface area contributed by atoms with Crippen LogP contribution >= 0.6 is 0 Å². The van der Waals surface area contributed by atoms with Crippen LogP contribution in [-0.2, 0) is 11.2 Å². The van der Waals surface area contributed by atoms with Gasteiger partial charge in [0.05, 0.1) is 0 Å². The van der Waals surface area contributed by atoms with Crippen molar-refractivity contribution in [1.82, 2.24) is 4.90 Å². The van der Waals surface area contributed by atoms with E-state index in [0.29, 0.717) is 13.1 Å². The van der Waals surface area contributed by atoms with Crippen LogP contribution in [0.5, 0.6) is 0 Å². The number of carboxylic acid groups (broad SMARTS) is 1. The number of aliphatic carboxylic acids is 1. The van der Waals surface area contributed by atoms with Gasteiger partial charge in [-0.05, 0) is 37.8 Å². The zero-order valence-corrected chi connectivity index (χ0v) is 11.7. The monoisotopic (exact) mass is 276 g/mol. The van der Waals surface area contributed by atoms with Crippen LogP contribution in [0.4, 0.5) is 10.5 Å². The number of aryl methyl sites for hydroxylation is 1. The summed E-state index contributed by atoms with van der Waals surface area (Å²) in [5, 5.41) is 8.90. The topological polar surface area (TPSA) is 60.9 Å². The van der Waals surface area contributed by atoms with Crippen LogP contribution in [0.15, 0.2) is 24.3 Å². The van der Waals surface area contributed by atoms with Crippen LogP contribution in [0.1, 0.15) is 25.3 Å². The number of nitrogens with zero attached hydrogens (tertiary/aromatic N) is 2. The van der Waals surface area contributed by atoms with Gasteiger partial charge in [-0.2, -0.15) is 0 Å². The van der Waals surface area contributed by atoms with Crippen LogP contribution in [0, 0.1) is 0 Å². The van der Waals surface area contributed by atoms with Crippen molar-refractivity contribution >= 4 is 17.7 Å². The number of hydrogen-bond acceptors (Lipinski definition) is 2. The molecule has 0 spiro atoms. The van der Waals surface area contributed by atoms with Crippen LogP contribution in [-0.4, -0.2) is 41.6 Å². The second kappa shape index (κ2) is 6.41. The van der Waals surface area contributed by atoms with Crippen molar-refractivity contribution in [2.24, 2.45) is 0 Å². The number of hydrogen-bond donors (Lipinski definition) is 1. The molecule has 1 aromatic rings. The van der Waals surface area contributed by atoms with E-state index in [4.69, 9.17) is 5.11 Å². The Bertz CT molecular complexity index is 502. The molecule has 0 fully saturated rings. The first kappa shape index (κ1) is 14.4. The van der Waals surface area contributed by atoms with Gasteiger partial charge in [0.15, 0.2) is 0 Å². The van der Waals surface area contributed by atoms with Crippen molar-refractivity contribution in [3.63, 3.8) is 0 Å². The second-order valence-corrected chi connectivity index (χ2v) is 4.93. The first-order chi connectivity index (χ1) is 9.63. The summed E-state index contributed by atoms with van der Waals surface area (Å²) < 4.78 is 0. The Morgan fingerprint density at radius 3 is 2.75 bits per heavy atom. The minimum absolute atomic E-state index is 0.218. The summed E-state index contributed by atoms with van der Waals surface area (Å²) in [5.41, 5.74) is 2.07. The maximum Gasteiger partial charge on any atom is 0.325 e. The van der Waals surface area contributed by atoms with Crippen molar-refractivity contribution in [3.05, 3.63) is 29.8 Å². The zero-order chi connectivity index (χ0) is 14.5. The van der Waals surface area contributed by atoms with Crippen molar-refractivity contribution in [2.45, 2.75) is 26.2 Å². The summed E-state index contributed by atoms with van der Waals surface area (Å²) in [6, 6.07) is 7.64. The molecule has 2 amide bonds. The normalized spacial score (nSPS) is 14.3. The van der Waals surface area contributed by atoms with Gasteiger partial charge in [0.2, 0.25) is 0 Å². The Labute approximate surface area is 118 Å². The lowest BCUT2D eigenvalue weighted by molar-refractivity contribution is -0.137. The molecule has 1 N–H and O–H groups in total. The molecule has 0 radical (unpaired) electrons. The molecule has 0 bridgehead atoms. The molecule has 1 heterocycles. The summed E-state index contributed by atoms with van der Waals surface area (Å²) >= 11 is 0. The van der Waals surface area contributed by atoms with Crippen LogP contribution in [0.2, 0.25) is 0 Å². The van der Waals surface area contributed by atoms with Crippen LogP contribution < -0.4 is 4.90 Å². The summed E-state index contributed by atoms with van der Waals surface area (Å²) in [6.07, 6.45) is 2.95. The van der Waals surface area contributed by atoms with E-state index >= 15 is 0 Å². The Morgan fingerprint density at radius 1 is 1.30 bits per heavy atom. The minimum Gasteiger partial charge on any atom is -0.480 e. The average molecular weight is 276 g/mol. The smallest absolute Gasteiger partial charge is 0.325 e. The third-order valence-corrected chi connectivity index (χ3v) is 3.57. The molecule has 0 atom stereocenters. The fraction of sp³-hybridized carbons (Fsp3) is 0.467. The van der Waals surface area contributed by atoms with Crippen molar-refractivity contribution < 1.29 is 14.7 Å². The zero-order valence-electron chi connectivity index (χ0n) is 11.7. The molecule has 1 aliphatic heterocycles. The van der Waals surface area contributed by atoms with Crippen molar-refractivity contribution in [2.75, 3.05) is 24.5 Å². The van der Waals surface area contributed by atoms with Crippen molar-refractivity contribution in [1.29, 1.82) is 0 Å². The number of carboxylic acids is 1. The maximum absolute atomic E-state index is 12.6. The third-order valence-electron chi connectivity index (χ3n) is 3.57. The SMILES string of the molecule is CCN(CC(=O)O)C(=O)N1CCCCc2ccccc21. The number of rotatable bonds is 3. The lowest BCUT2D eigenvalue weighted by Crippen LogP contribution is -2.45. The molecule has 1 aliphatic rings. The van der Waals surface area contributed by atoms with Crippen molar-refractivity contribution in [3.8, 4) is 0 Å². The first-order valence-corrected chi connectivity index (χ1v) is 6.99. The Hall–Kier alpha value is -2.04. The van der Waals surface area contributed by atoms with Crippen LogP contribution in [0.3, 0.4) is 0 Å². The number of para-hydroxylation sites is 1. The van der Waals surface area contributed by atoms with Crippen LogP contribution in [0.25, 0.3) is 0 Å². The van der Waals surface area contributed by atoms with Gasteiger partial charge in [-0.1, -0.05) is 18.2 Å². The summed E-state index contributed by atoms with van der Waals surface area (Å²) in [7, 11) is 0. The number of urea groups is 1. The molecule has 0 aliphatic carbocycles. The molecule has 0 aromatic heterocycles. The molecule has 1 aromatic carbocycles. The van der Waals surface area contributed by atoms with E-state index in [1.165, 1.54) is 4.90 Å². The molecule has 108 valence electrons. The van der Waals surface area contributed by atoms with Gasteiger partial charge in [-0.25, -0.2) is 4.79 Å². The molecular formula is C15H20N2O3. The number of anilines is 1. The highest BCUT2D eigenvalue weighted by atomic mass is 16.4. The summed E-state index contributed by atoms with van der Waals surface area (Å²) in [6.45, 7) is 2.58. The Kier molecular flexibility index (Phi) is 4.61. The highest BCUT2D eigenvalue weighted by molar-refractivity contribution is 5.94. The van der Waals surface area contributed by atoms with E-state index in [9.17, 15) is 9.59 Å². The highest BCUT2D eigenvalue weighted by Crippen LogP contribution is 2.26. The van der Waals surface area contributed by atoms with E-state index < -0.39 is 5.97 Å². The number of benzene rings is 1. The molecular weight excluding hydrogens is 256 g/mol. The van der Waals surface area contributed by atoms with Gasteiger partial charge in [0.25, 0.3) is 0 Å². The van der Waals surface area contributed by atoms with E-state index in [0.717, 1.165) is 30.5 Å². The second-order valence-electron chi connectivity index (χ2n) is 4.93. The maximum atomic E-state index is 12.6. The number of carbonyl (C=O) groups excluding carboxylic acids is 1. The summed E-state index contributed by atoms with van der Waals surface area (Å²) in [4.78, 5) is 26.5. The lowest BCUT2D eigenvalue weighted by atomic mass is 10.1.